The maximum absolute atomic E-state index is 3.99. The summed E-state index contributed by atoms with van der Waals surface area (Å²) in [7, 11) is -1.46. The largest absolute Gasteiger partial charge is 0.333 e. The van der Waals surface area contributed by atoms with Gasteiger partial charge in [0, 0.05) is 6.54 Å². The van der Waals surface area contributed by atoms with Crippen molar-refractivity contribution in [1.82, 2.24) is 4.98 Å². The van der Waals surface area contributed by atoms with Crippen LogP contribution >= 0.6 is 0 Å². The maximum Gasteiger partial charge on any atom is 0.133 e. The van der Waals surface area contributed by atoms with E-state index in [1.54, 1.807) is 0 Å². The van der Waals surface area contributed by atoms with Crippen LogP contribution in [0.15, 0.2) is 30.3 Å². The molecule has 1 aromatic rings. The van der Waals surface area contributed by atoms with Crippen LogP contribution in [0.1, 0.15) is 47.1 Å². The summed E-state index contributed by atoms with van der Waals surface area (Å²) in [6.07, 6.45) is 0. The predicted molar refractivity (Wildman–Crippen MR) is 84.3 cm³/mol. The third-order valence-corrected chi connectivity index (χ3v) is 10.8. The molecule has 0 aromatic heterocycles. The zero-order valence-corrected chi connectivity index (χ0v) is 13.8. The van der Waals surface area contributed by atoms with Gasteiger partial charge in [-0.3, -0.25) is 0 Å². The van der Waals surface area contributed by atoms with Gasteiger partial charge < -0.3 is 4.98 Å². The van der Waals surface area contributed by atoms with Crippen LogP contribution in [0.25, 0.3) is 0 Å². The van der Waals surface area contributed by atoms with Gasteiger partial charge in [-0.25, -0.2) is 0 Å². The molecule has 1 nitrogen and oxygen atoms in total. The lowest BCUT2D eigenvalue weighted by Crippen LogP contribution is -2.57. The highest BCUT2D eigenvalue weighted by atomic mass is 28.3. The molecule has 18 heavy (non-hydrogen) atoms. The fourth-order valence-electron chi connectivity index (χ4n) is 3.46. The molecular formula is C16H29NSi. The van der Waals surface area contributed by atoms with Crippen molar-refractivity contribution in [2.45, 2.75) is 64.7 Å². The highest BCUT2D eigenvalue weighted by Gasteiger charge is 2.42. The second-order valence-electron chi connectivity index (χ2n) is 6.24. The molecule has 0 saturated carbocycles. The lowest BCUT2D eigenvalue weighted by atomic mass is 10.2. The smallest absolute Gasteiger partial charge is 0.133 e. The molecule has 0 saturated heterocycles. The Morgan fingerprint density at radius 2 is 1.28 bits per heavy atom. The minimum Gasteiger partial charge on any atom is -0.333 e. The second kappa shape index (κ2) is 6.53. The molecule has 2 heteroatoms. The molecule has 0 amide bonds. The summed E-state index contributed by atoms with van der Waals surface area (Å²) < 4.78 is 0. The van der Waals surface area contributed by atoms with Gasteiger partial charge in [0.25, 0.3) is 0 Å². The first-order chi connectivity index (χ1) is 8.41. The minimum atomic E-state index is -1.46. The summed E-state index contributed by atoms with van der Waals surface area (Å²) in [5, 5.41) is 0. The van der Waals surface area contributed by atoms with E-state index in [9.17, 15) is 0 Å². The molecule has 0 aliphatic rings. The van der Waals surface area contributed by atoms with Crippen LogP contribution in [0, 0.1) is 0 Å². The molecule has 0 bridgehead atoms. The lowest BCUT2D eigenvalue weighted by molar-refractivity contribution is 0.727. The van der Waals surface area contributed by atoms with Crippen molar-refractivity contribution in [1.29, 1.82) is 0 Å². The topological polar surface area (TPSA) is 12.0 Å². The summed E-state index contributed by atoms with van der Waals surface area (Å²) in [6.45, 7) is 15.4. The molecule has 0 heterocycles. The summed E-state index contributed by atoms with van der Waals surface area (Å²) >= 11 is 0. The maximum atomic E-state index is 3.99. The van der Waals surface area contributed by atoms with Gasteiger partial charge in [0.2, 0.25) is 0 Å². The molecule has 0 aliphatic carbocycles. The number of benzene rings is 1. The van der Waals surface area contributed by atoms with E-state index >= 15 is 0 Å². The number of nitrogens with one attached hydrogen (secondary N) is 1. The molecule has 0 radical (unpaired) electrons. The van der Waals surface area contributed by atoms with Crippen LogP contribution in [0.2, 0.25) is 16.6 Å². The highest BCUT2D eigenvalue weighted by molar-refractivity contribution is 6.81. The van der Waals surface area contributed by atoms with Crippen molar-refractivity contribution in [2.75, 3.05) is 0 Å². The van der Waals surface area contributed by atoms with Crippen molar-refractivity contribution in [3.63, 3.8) is 0 Å². The third kappa shape index (κ3) is 3.24. The SMILES string of the molecule is CC(C)[Si](NCc1ccccc1)(C(C)C)C(C)C. The Morgan fingerprint density at radius 3 is 1.67 bits per heavy atom. The van der Waals surface area contributed by atoms with E-state index in [1.807, 2.05) is 0 Å². The zero-order chi connectivity index (χ0) is 13.8. The van der Waals surface area contributed by atoms with Crippen molar-refractivity contribution >= 4 is 8.24 Å². The molecule has 0 fully saturated rings. The average Bonchev–Trinajstić information content (AvgIpc) is 2.29. The Labute approximate surface area is 114 Å². The minimum absolute atomic E-state index is 0.765. The molecule has 0 spiro atoms. The van der Waals surface area contributed by atoms with Crippen molar-refractivity contribution < 1.29 is 0 Å². The molecule has 1 rings (SSSR count). The van der Waals surface area contributed by atoms with Gasteiger partial charge in [-0.15, -0.1) is 0 Å². The van der Waals surface area contributed by atoms with Crippen LogP contribution in [0.3, 0.4) is 0 Å². The monoisotopic (exact) mass is 263 g/mol. The van der Waals surface area contributed by atoms with E-state index in [1.165, 1.54) is 5.56 Å². The Bertz CT molecular complexity index is 322. The van der Waals surface area contributed by atoms with Crippen molar-refractivity contribution in [3.05, 3.63) is 35.9 Å². The summed E-state index contributed by atoms with van der Waals surface area (Å²) in [6, 6.07) is 10.8. The Morgan fingerprint density at radius 1 is 0.833 bits per heavy atom. The summed E-state index contributed by atoms with van der Waals surface area (Å²) in [5.74, 6) is 0. The van der Waals surface area contributed by atoms with E-state index in [4.69, 9.17) is 0 Å². The third-order valence-electron chi connectivity index (χ3n) is 4.31. The molecule has 0 atom stereocenters. The van der Waals surface area contributed by atoms with Gasteiger partial charge >= 0.3 is 0 Å². The first-order valence-electron chi connectivity index (χ1n) is 7.20. The Hall–Kier alpha value is -0.603. The van der Waals surface area contributed by atoms with Crippen molar-refractivity contribution in [3.8, 4) is 0 Å². The van der Waals surface area contributed by atoms with Gasteiger partial charge in [-0.1, -0.05) is 71.9 Å². The van der Waals surface area contributed by atoms with Crippen LogP contribution in [0.5, 0.6) is 0 Å². The number of hydrogen-bond donors (Lipinski definition) is 1. The van der Waals surface area contributed by atoms with E-state index in [-0.39, 0.29) is 0 Å². The number of rotatable bonds is 6. The second-order valence-corrected chi connectivity index (χ2v) is 11.9. The Kier molecular flexibility index (Phi) is 5.61. The standard InChI is InChI=1S/C16H29NSi/c1-13(2)18(14(3)4,15(5)6)17-12-16-10-8-7-9-11-16/h7-11,13-15,17H,12H2,1-6H3. The molecule has 0 aliphatic heterocycles. The van der Waals surface area contributed by atoms with Crippen LogP contribution < -0.4 is 4.98 Å². The van der Waals surface area contributed by atoms with Crippen LogP contribution in [0.4, 0.5) is 0 Å². The van der Waals surface area contributed by atoms with E-state index < -0.39 is 8.24 Å². The van der Waals surface area contributed by atoms with Gasteiger partial charge in [-0.05, 0) is 22.2 Å². The molecule has 1 N–H and O–H groups in total. The number of hydrogen-bond acceptors (Lipinski definition) is 1. The van der Waals surface area contributed by atoms with Crippen LogP contribution in [-0.4, -0.2) is 8.24 Å². The highest BCUT2D eigenvalue weighted by Crippen LogP contribution is 2.39. The first kappa shape index (κ1) is 15.5. The van der Waals surface area contributed by atoms with E-state index in [0.29, 0.717) is 0 Å². The molecular weight excluding hydrogens is 234 g/mol. The fourth-order valence-corrected chi connectivity index (χ4v) is 9.20. The van der Waals surface area contributed by atoms with Crippen LogP contribution in [-0.2, 0) is 6.54 Å². The van der Waals surface area contributed by atoms with E-state index in [0.717, 1.165) is 23.2 Å². The van der Waals surface area contributed by atoms with E-state index in [2.05, 4.69) is 76.9 Å². The fraction of sp³-hybridized carbons (Fsp3) is 0.625. The lowest BCUT2D eigenvalue weighted by Gasteiger charge is -2.43. The van der Waals surface area contributed by atoms with Gasteiger partial charge in [-0.2, -0.15) is 0 Å². The zero-order valence-electron chi connectivity index (χ0n) is 12.8. The van der Waals surface area contributed by atoms with Gasteiger partial charge in [0.15, 0.2) is 0 Å². The average molecular weight is 264 g/mol. The predicted octanol–water partition coefficient (Wildman–Crippen LogP) is 4.95. The normalized spacial score (nSPS) is 12.7. The quantitative estimate of drug-likeness (QED) is 0.716. The van der Waals surface area contributed by atoms with Gasteiger partial charge in [0.05, 0.1) is 0 Å². The molecule has 1 aromatic carbocycles. The van der Waals surface area contributed by atoms with Gasteiger partial charge in [0.1, 0.15) is 8.24 Å². The summed E-state index contributed by atoms with van der Waals surface area (Å²) in [4.78, 5) is 3.99. The Balaban J connectivity index is 2.86. The van der Waals surface area contributed by atoms with Crippen molar-refractivity contribution in [2.24, 2.45) is 0 Å². The molecule has 102 valence electrons. The first-order valence-corrected chi connectivity index (χ1v) is 9.43. The summed E-state index contributed by atoms with van der Waals surface area (Å²) in [5.41, 5.74) is 3.69. The molecule has 0 unspecified atom stereocenters.